The van der Waals surface area contributed by atoms with E-state index in [0.29, 0.717) is 12.4 Å². The summed E-state index contributed by atoms with van der Waals surface area (Å²) >= 11 is 0. The summed E-state index contributed by atoms with van der Waals surface area (Å²) in [5, 5.41) is 8.92. The Hall–Kier alpha value is -1.09. The molecule has 0 spiro atoms. The van der Waals surface area contributed by atoms with Gasteiger partial charge < -0.3 is 9.84 Å². The maximum Gasteiger partial charge on any atom is 0.126 e. The van der Waals surface area contributed by atoms with Crippen LogP contribution < -0.4 is 4.74 Å². The van der Waals surface area contributed by atoms with E-state index < -0.39 is 0 Å². The van der Waals surface area contributed by atoms with Gasteiger partial charge in [-0.1, -0.05) is 6.07 Å². The standard InChI is InChI=1S/C10H11FO2/c11-9-2-1-8-3-7(5-12)6-13-10(8)4-9/h1-2,4,7,12H,3,5-6H2/t7-/m0/s1. The summed E-state index contributed by atoms with van der Waals surface area (Å²) in [5.41, 5.74) is 0.978. The van der Waals surface area contributed by atoms with Gasteiger partial charge in [0.25, 0.3) is 0 Å². The van der Waals surface area contributed by atoms with Crippen LogP contribution in [0.1, 0.15) is 5.56 Å². The van der Waals surface area contributed by atoms with E-state index >= 15 is 0 Å². The fraction of sp³-hybridized carbons (Fsp3) is 0.400. The zero-order valence-corrected chi connectivity index (χ0v) is 7.16. The predicted molar refractivity (Wildman–Crippen MR) is 46.2 cm³/mol. The number of rotatable bonds is 1. The molecule has 70 valence electrons. The molecular weight excluding hydrogens is 171 g/mol. The van der Waals surface area contributed by atoms with Crippen LogP contribution in [0.5, 0.6) is 5.75 Å². The van der Waals surface area contributed by atoms with Gasteiger partial charge in [0, 0.05) is 18.6 Å². The monoisotopic (exact) mass is 182 g/mol. The van der Waals surface area contributed by atoms with Gasteiger partial charge in [-0.05, 0) is 18.1 Å². The maximum atomic E-state index is 12.7. The van der Waals surface area contributed by atoms with E-state index in [1.165, 1.54) is 12.1 Å². The summed E-state index contributed by atoms with van der Waals surface area (Å²) in [4.78, 5) is 0. The van der Waals surface area contributed by atoms with Gasteiger partial charge in [0.05, 0.1) is 6.61 Å². The van der Waals surface area contributed by atoms with Crippen LogP contribution in [0.25, 0.3) is 0 Å². The zero-order valence-electron chi connectivity index (χ0n) is 7.16. The van der Waals surface area contributed by atoms with Crippen molar-refractivity contribution in [1.29, 1.82) is 0 Å². The minimum atomic E-state index is -0.277. The Bertz CT molecular complexity index is 312. The maximum absolute atomic E-state index is 12.7. The quantitative estimate of drug-likeness (QED) is 0.710. The molecule has 0 bridgehead atoms. The highest BCUT2D eigenvalue weighted by Gasteiger charge is 2.19. The Morgan fingerprint density at radius 2 is 2.38 bits per heavy atom. The van der Waals surface area contributed by atoms with Gasteiger partial charge in [-0.15, -0.1) is 0 Å². The van der Waals surface area contributed by atoms with E-state index in [-0.39, 0.29) is 18.3 Å². The average Bonchev–Trinajstić information content (AvgIpc) is 2.17. The molecule has 0 aliphatic carbocycles. The van der Waals surface area contributed by atoms with Crippen LogP contribution in [0.3, 0.4) is 0 Å². The number of ether oxygens (including phenoxy) is 1. The minimum Gasteiger partial charge on any atom is -0.493 e. The Labute approximate surface area is 76.0 Å². The topological polar surface area (TPSA) is 29.5 Å². The molecule has 0 saturated carbocycles. The second-order valence-corrected chi connectivity index (χ2v) is 3.32. The number of aliphatic hydroxyl groups is 1. The zero-order chi connectivity index (χ0) is 9.26. The van der Waals surface area contributed by atoms with Gasteiger partial charge in [-0.25, -0.2) is 4.39 Å². The number of fused-ring (bicyclic) bond motifs is 1. The lowest BCUT2D eigenvalue weighted by Gasteiger charge is -2.23. The fourth-order valence-corrected chi connectivity index (χ4v) is 1.53. The highest BCUT2D eigenvalue weighted by atomic mass is 19.1. The van der Waals surface area contributed by atoms with Crippen molar-refractivity contribution in [2.75, 3.05) is 13.2 Å². The van der Waals surface area contributed by atoms with E-state index in [1.54, 1.807) is 6.07 Å². The van der Waals surface area contributed by atoms with Crippen LogP contribution in [-0.4, -0.2) is 18.3 Å². The average molecular weight is 182 g/mol. The largest absolute Gasteiger partial charge is 0.493 e. The summed E-state index contributed by atoms with van der Waals surface area (Å²) in [6, 6.07) is 4.53. The Morgan fingerprint density at radius 3 is 3.15 bits per heavy atom. The molecule has 1 heterocycles. The number of benzene rings is 1. The summed E-state index contributed by atoms with van der Waals surface area (Å²) in [6.45, 7) is 0.601. The third-order valence-corrected chi connectivity index (χ3v) is 2.27. The lowest BCUT2D eigenvalue weighted by atomic mass is 9.97. The first-order valence-corrected chi connectivity index (χ1v) is 4.31. The Balaban J connectivity index is 2.26. The molecule has 1 atom stereocenters. The molecule has 1 aromatic carbocycles. The predicted octanol–water partition coefficient (Wildman–Crippen LogP) is 1.37. The smallest absolute Gasteiger partial charge is 0.126 e. The number of halogens is 1. The second kappa shape index (κ2) is 3.34. The highest BCUT2D eigenvalue weighted by Crippen LogP contribution is 2.27. The molecule has 0 unspecified atom stereocenters. The number of hydrogen-bond acceptors (Lipinski definition) is 2. The molecule has 1 N–H and O–H groups in total. The molecule has 1 aliphatic heterocycles. The third kappa shape index (κ3) is 1.65. The van der Waals surface area contributed by atoms with Crippen LogP contribution >= 0.6 is 0 Å². The van der Waals surface area contributed by atoms with E-state index in [0.717, 1.165) is 12.0 Å². The van der Waals surface area contributed by atoms with Gasteiger partial charge in [0.1, 0.15) is 11.6 Å². The van der Waals surface area contributed by atoms with E-state index in [4.69, 9.17) is 9.84 Å². The van der Waals surface area contributed by atoms with Gasteiger partial charge in [0.15, 0.2) is 0 Å². The molecule has 3 heteroatoms. The Morgan fingerprint density at radius 1 is 1.54 bits per heavy atom. The summed E-state index contributed by atoms with van der Waals surface area (Å²) in [5.74, 6) is 0.490. The van der Waals surface area contributed by atoms with E-state index in [1.807, 2.05) is 0 Å². The molecule has 1 aliphatic rings. The lowest BCUT2D eigenvalue weighted by Crippen LogP contribution is -2.23. The summed E-state index contributed by atoms with van der Waals surface area (Å²) < 4.78 is 18.1. The fourth-order valence-electron chi connectivity index (χ4n) is 1.53. The van der Waals surface area contributed by atoms with Crippen LogP contribution in [0, 0.1) is 11.7 Å². The normalized spacial score (nSPS) is 20.6. The van der Waals surface area contributed by atoms with Crippen molar-refractivity contribution in [3.63, 3.8) is 0 Å². The number of hydrogen-bond donors (Lipinski definition) is 1. The van der Waals surface area contributed by atoms with Gasteiger partial charge >= 0.3 is 0 Å². The van der Waals surface area contributed by atoms with Crippen LogP contribution in [0.15, 0.2) is 18.2 Å². The van der Waals surface area contributed by atoms with Crippen molar-refractivity contribution in [3.8, 4) is 5.75 Å². The van der Waals surface area contributed by atoms with Crippen molar-refractivity contribution in [2.24, 2.45) is 5.92 Å². The third-order valence-electron chi connectivity index (χ3n) is 2.27. The molecule has 0 aromatic heterocycles. The Kier molecular flexibility index (Phi) is 2.19. The second-order valence-electron chi connectivity index (χ2n) is 3.32. The molecule has 1 aromatic rings. The molecule has 13 heavy (non-hydrogen) atoms. The molecule has 0 radical (unpaired) electrons. The lowest BCUT2D eigenvalue weighted by molar-refractivity contribution is 0.146. The first-order valence-electron chi connectivity index (χ1n) is 4.31. The molecular formula is C10H11FO2. The van der Waals surface area contributed by atoms with Gasteiger partial charge in [-0.3, -0.25) is 0 Å². The molecule has 0 fully saturated rings. The summed E-state index contributed by atoms with van der Waals surface area (Å²) in [7, 11) is 0. The van der Waals surface area contributed by atoms with Crippen LogP contribution in [0.2, 0.25) is 0 Å². The van der Waals surface area contributed by atoms with Crippen molar-refractivity contribution in [2.45, 2.75) is 6.42 Å². The number of aliphatic hydroxyl groups excluding tert-OH is 1. The minimum absolute atomic E-state index is 0.122. The highest BCUT2D eigenvalue weighted by molar-refractivity contribution is 5.35. The van der Waals surface area contributed by atoms with Crippen LogP contribution in [0.4, 0.5) is 4.39 Å². The van der Waals surface area contributed by atoms with E-state index in [9.17, 15) is 4.39 Å². The van der Waals surface area contributed by atoms with Crippen molar-refractivity contribution >= 4 is 0 Å². The first-order chi connectivity index (χ1) is 6.29. The molecule has 2 rings (SSSR count). The first kappa shape index (κ1) is 8.51. The molecule has 2 nitrogen and oxygen atoms in total. The molecule has 0 saturated heterocycles. The van der Waals surface area contributed by atoms with Gasteiger partial charge in [-0.2, -0.15) is 0 Å². The van der Waals surface area contributed by atoms with Gasteiger partial charge in [0.2, 0.25) is 0 Å². The SMILES string of the molecule is OC[C@H]1COc2cc(F)ccc2C1. The van der Waals surface area contributed by atoms with Crippen LogP contribution in [-0.2, 0) is 6.42 Å². The van der Waals surface area contributed by atoms with Crippen molar-refractivity contribution in [1.82, 2.24) is 0 Å². The van der Waals surface area contributed by atoms with Crippen molar-refractivity contribution < 1.29 is 14.2 Å². The van der Waals surface area contributed by atoms with Crippen molar-refractivity contribution in [3.05, 3.63) is 29.6 Å². The summed E-state index contributed by atoms with van der Waals surface area (Å²) in [6.07, 6.45) is 0.770. The van der Waals surface area contributed by atoms with E-state index in [2.05, 4.69) is 0 Å². The molecule has 0 amide bonds.